The van der Waals surface area contributed by atoms with Crippen LogP contribution >= 0.6 is 0 Å². The number of hydrogen-bond donors (Lipinski definition) is 2. The van der Waals surface area contributed by atoms with E-state index in [9.17, 15) is 9.18 Å². The van der Waals surface area contributed by atoms with Crippen LogP contribution in [0, 0.1) is 12.7 Å². The summed E-state index contributed by atoms with van der Waals surface area (Å²) >= 11 is 0. The third kappa shape index (κ3) is 4.28. The first-order chi connectivity index (χ1) is 11.6. The van der Waals surface area contributed by atoms with E-state index in [1.54, 1.807) is 18.2 Å². The minimum Gasteiger partial charge on any atom is -0.350 e. The lowest BCUT2D eigenvalue weighted by Gasteiger charge is -2.12. The number of anilines is 1. The van der Waals surface area contributed by atoms with Gasteiger partial charge in [0.15, 0.2) is 0 Å². The van der Waals surface area contributed by atoms with Crippen LogP contribution < -0.4 is 10.6 Å². The molecule has 0 saturated heterocycles. The van der Waals surface area contributed by atoms with Crippen LogP contribution in [0.3, 0.4) is 0 Å². The zero-order valence-corrected chi connectivity index (χ0v) is 13.7. The number of aryl methyl sites for hydroxylation is 1. The van der Waals surface area contributed by atoms with Crippen LogP contribution in [-0.4, -0.2) is 21.9 Å². The molecule has 2 aromatic rings. The maximum atomic E-state index is 12.9. The Kier molecular flexibility index (Phi) is 5.03. The minimum absolute atomic E-state index is 0.155. The molecule has 1 aliphatic rings. The second-order valence-corrected chi connectivity index (χ2v) is 6.15. The molecule has 6 heteroatoms. The van der Waals surface area contributed by atoms with E-state index in [1.807, 2.05) is 6.92 Å². The molecule has 1 amide bonds. The van der Waals surface area contributed by atoms with Gasteiger partial charge in [-0.1, -0.05) is 25.0 Å². The first-order valence-corrected chi connectivity index (χ1v) is 8.25. The highest BCUT2D eigenvalue weighted by Crippen LogP contribution is 2.18. The quantitative estimate of drug-likeness (QED) is 0.884. The van der Waals surface area contributed by atoms with E-state index in [2.05, 4.69) is 20.6 Å². The van der Waals surface area contributed by atoms with E-state index < -0.39 is 0 Å². The van der Waals surface area contributed by atoms with Crippen molar-refractivity contribution >= 4 is 11.9 Å². The summed E-state index contributed by atoms with van der Waals surface area (Å²) in [5, 5.41) is 6.12. The van der Waals surface area contributed by atoms with E-state index in [0.29, 0.717) is 18.2 Å². The minimum atomic E-state index is -0.267. The first-order valence-electron chi connectivity index (χ1n) is 8.25. The SMILES string of the molecule is Cc1cc(C(=O)NC2CCCC2)nc(NCc2ccc(F)cc2)n1. The van der Waals surface area contributed by atoms with Gasteiger partial charge < -0.3 is 10.6 Å². The standard InChI is InChI=1S/C18H21FN4O/c1-12-10-16(17(24)22-15-4-2-3-5-15)23-18(21-12)20-11-13-6-8-14(19)9-7-13/h6-10,15H,2-5,11H2,1H3,(H,22,24)(H,20,21,23). The molecule has 1 heterocycles. The summed E-state index contributed by atoms with van der Waals surface area (Å²) < 4.78 is 12.9. The van der Waals surface area contributed by atoms with Gasteiger partial charge in [-0.3, -0.25) is 4.79 Å². The molecule has 1 saturated carbocycles. The topological polar surface area (TPSA) is 66.9 Å². The summed E-state index contributed by atoms with van der Waals surface area (Å²) in [7, 11) is 0. The molecule has 126 valence electrons. The van der Waals surface area contributed by atoms with Gasteiger partial charge in [0.25, 0.3) is 5.91 Å². The Morgan fingerprint density at radius 3 is 2.62 bits per heavy atom. The fourth-order valence-electron chi connectivity index (χ4n) is 2.88. The molecule has 1 aromatic carbocycles. The third-order valence-corrected chi connectivity index (χ3v) is 4.14. The summed E-state index contributed by atoms with van der Waals surface area (Å²) in [4.78, 5) is 21.0. The van der Waals surface area contributed by atoms with Gasteiger partial charge >= 0.3 is 0 Å². The molecular formula is C18H21FN4O. The van der Waals surface area contributed by atoms with Gasteiger partial charge in [-0.05, 0) is 43.5 Å². The summed E-state index contributed by atoms with van der Waals surface area (Å²) in [6.07, 6.45) is 4.40. The fourth-order valence-corrected chi connectivity index (χ4v) is 2.88. The smallest absolute Gasteiger partial charge is 0.270 e. The van der Waals surface area contributed by atoms with Crippen molar-refractivity contribution in [2.75, 3.05) is 5.32 Å². The number of halogens is 1. The molecule has 5 nitrogen and oxygen atoms in total. The molecule has 3 rings (SSSR count). The second kappa shape index (κ2) is 7.38. The van der Waals surface area contributed by atoms with Crippen LogP contribution in [0.25, 0.3) is 0 Å². The molecule has 24 heavy (non-hydrogen) atoms. The summed E-state index contributed by atoms with van der Waals surface area (Å²) in [5.74, 6) is -0.0236. The maximum absolute atomic E-state index is 12.9. The van der Waals surface area contributed by atoms with Crippen molar-refractivity contribution in [3.63, 3.8) is 0 Å². The van der Waals surface area contributed by atoms with Crippen LogP contribution in [0.15, 0.2) is 30.3 Å². The van der Waals surface area contributed by atoms with Gasteiger partial charge in [-0.15, -0.1) is 0 Å². The predicted octanol–water partition coefficient (Wildman–Crippen LogP) is 3.21. The average molecular weight is 328 g/mol. The van der Waals surface area contributed by atoms with Crippen LogP contribution in [0.2, 0.25) is 0 Å². The van der Waals surface area contributed by atoms with Crippen molar-refractivity contribution in [2.24, 2.45) is 0 Å². The van der Waals surface area contributed by atoms with E-state index >= 15 is 0 Å². The first kappa shape index (κ1) is 16.4. The molecule has 0 radical (unpaired) electrons. The van der Waals surface area contributed by atoms with Crippen molar-refractivity contribution < 1.29 is 9.18 Å². The zero-order chi connectivity index (χ0) is 16.9. The third-order valence-electron chi connectivity index (χ3n) is 4.14. The number of nitrogens with zero attached hydrogens (tertiary/aromatic N) is 2. The van der Waals surface area contributed by atoms with Crippen molar-refractivity contribution in [3.05, 3.63) is 53.1 Å². The molecule has 2 N–H and O–H groups in total. The molecule has 0 atom stereocenters. The Hall–Kier alpha value is -2.50. The van der Waals surface area contributed by atoms with Crippen molar-refractivity contribution in [3.8, 4) is 0 Å². The number of carbonyl (C=O) groups excluding carboxylic acids is 1. The number of amides is 1. The highest BCUT2D eigenvalue weighted by molar-refractivity contribution is 5.92. The molecule has 1 aliphatic carbocycles. The number of hydrogen-bond acceptors (Lipinski definition) is 4. The lowest BCUT2D eigenvalue weighted by Crippen LogP contribution is -2.33. The molecule has 0 aliphatic heterocycles. The molecular weight excluding hydrogens is 307 g/mol. The van der Waals surface area contributed by atoms with Crippen molar-refractivity contribution in [2.45, 2.75) is 45.2 Å². The highest BCUT2D eigenvalue weighted by Gasteiger charge is 2.19. The Bertz CT molecular complexity index is 711. The van der Waals surface area contributed by atoms with E-state index in [-0.39, 0.29) is 17.8 Å². The summed E-state index contributed by atoms with van der Waals surface area (Å²) in [6, 6.07) is 8.16. The molecule has 1 aromatic heterocycles. The van der Waals surface area contributed by atoms with Crippen LogP contribution in [0.1, 0.15) is 47.4 Å². The molecule has 0 spiro atoms. The average Bonchev–Trinajstić information content (AvgIpc) is 3.07. The number of benzene rings is 1. The summed E-state index contributed by atoms with van der Waals surface area (Å²) in [5.41, 5.74) is 2.01. The number of rotatable bonds is 5. The van der Waals surface area contributed by atoms with Crippen molar-refractivity contribution in [1.82, 2.24) is 15.3 Å². The molecule has 1 fully saturated rings. The maximum Gasteiger partial charge on any atom is 0.270 e. The number of nitrogens with one attached hydrogen (secondary N) is 2. The van der Waals surface area contributed by atoms with Gasteiger partial charge in [-0.25, -0.2) is 14.4 Å². The van der Waals surface area contributed by atoms with E-state index in [0.717, 1.165) is 36.9 Å². The van der Waals surface area contributed by atoms with Gasteiger partial charge in [0.05, 0.1) is 0 Å². The van der Waals surface area contributed by atoms with E-state index in [4.69, 9.17) is 0 Å². The Morgan fingerprint density at radius 2 is 1.92 bits per heavy atom. The van der Waals surface area contributed by atoms with Crippen molar-refractivity contribution in [1.29, 1.82) is 0 Å². The van der Waals surface area contributed by atoms with Gasteiger partial charge in [0, 0.05) is 18.3 Å². The highest BCUT2D eigenvalue weighted by atomic mass is 19.1. The lowest BCUT2D eigenvalue weighted by molar-refractivity contribution is 0.0932. The Balaban J connectivity index is 1.66. The summed E-state index contributed by atoms with van der Waals surface area (Å²) in [6.45, 7) is 2.30. The van der Waals surface area contributed by atoms with Crippen LogP contribution in [0.5, 0.6) is 0 Å². The fraction of sp³-hybridized carbons (Fsp3) is 0.389. The second-order valence-electron chi connectivity index (χ2n) is 6.15. The predicted molar refractivity (Wildman–Crippen MR) is 90.2 cm³/mol. The molecule has 0 unspecified atom stereocenters. The number of aromatic nitrogens is 2. The Morgan fingerprint density at radius 1 is 1.21 bits per heavy atom. The zero-order valence-electron chi connectivity index (χ0n) is 13.7. The van der Waals surface area contributed by atoms with Gasteiger partial charge in [-0.2, -0.15) is 0 Å². The van der Waals surface area contributed by atoms with Gasteiger partial charge in [0.2, 0.25) is 5.95 Å². The molecule has 0 bridgehead atoms. The number of carbonyl (C=O) groups is 1. The van der Waals surface area contributed by atoms with Crippen LogP contribution in [-0.2, 0) is 6.54 Å². The lowest BCUT2D eigenvalue weighted by atomic mass is 10.2. The largest absolute Gasteiger partial charge is 0.350 e. The Labute approximate surface area is 140 Å². The monoisotopic (exact) mass is 328 g/mol. The van der Waals surface area contributed by atoms with E-state index in [1.165, 1.54) is 12.1 Å². The van der Waals surface area contributed by atoms with Gasteiger partial charge in [0.1, 0.15) is 11.5 Å². The van der Waals surface area contributed by atoms with Crippen LogP contribution in [0.4, 0.5) is 10.3 Å². The normalized spacial score (nSPS) is 14.6.